The summed E-state index contributed by atoms with van der Waals surface area (Å²) in [6.45, 7) is 0.591. The normalized spacial score (nSPS) is 11.1. The van der Waals surface area contributed by atoms with Crippen molar-refractivity contribution in [3.63, 3.8) is 0 Å². The van der Waals surface area contributed by atoms with Gasteiger partial charge in [-0.25, -0.2) is 4.98 Å². The lowest BCUT2D eigenvalue weighted by molar-refractivity contribution is 0.833. The maximum atomic E-state index is 6.05. The number of pyridine rings is 1. The third kappa shape index (κ3) is 2.25. The van der Waals surface area contributed by atoms with Crippen LogP contribution in [0.5, 0.6) is 0 Å². The second-order valence-electron chi connectivity index (χ2n) is 4.17. The summed E-state index contributed by atoms with van der Waals surface area (Å²) in [5.41, 5.74) is 8.58. The lowest BCUT2D eigenvalue weighted by Gasteiger charge is -2.06. The molecule has 19 heavy (non-hydrogen) atoms. The van der Waals surface area contributed by atoms with Gasteiger partial charge >= 0.3 is 0 Å². The highest BCUT2D eigenvalue weighted by Gasteiger charge is 2.11. The first-order chi connectivity index (χ1) is 9.15. The van der Waals surface area contributed by atoms with Gasteiger partial charge in [-0.1, -0.05) is 29.3 Å². The Bertz CT molecular complexity index is 737. The fourth-order valence-electron chi connectivity index (χ4n) is 1.98. The Morgan fingerprint density at radius 1 is 1.21 bits per heavy atom. The predicted octanol–water partition coefficient (Wildman–Crippen LogP) is 3.37. The molecule has 0 radical (unpaired) electrons. The number of nitrogen functional groups attached to an aromatic ring is 1. The zero-order chi connectivity index (χ0) is 13.4. The van der Waals surface area contributed by atoms with Gasteiger partial charge in [0, 0.05) is 12.4 Å². The van der Waals surface area contributed by atoms with E-state index in [1.807, 2.05) is 16.7 Å². The standard InChI is InChI=1S/C13H10Cl2N4/c14-9-4-11-12(5-10(9)15)19(13(16)18-11)7-8-2-1-3-17-6-8/h1-6H,7H2,(H2,16,18). The number of nitrogens with zero attached hydrogens (tertiary/aromatic N) is 3. The minimum atomic E-state index is 0.428. The summed E-state index contributed by atoms with van der Waals surface area (Å²) in [5, 5.41) is 0.960. The molecular weight excluding hydrogens is 283 g/mol. The molecule has 3 aromatic rings. The van der Waals surface area contributed by atoms with E-state index >= 15 is 0 Å². The lowest BCUT2D eigenvalue weighted by Crippen LogP contribution is -2.04. The van der Waals surface area contributed by atoms with E-state index in [1.54, 1.807) is 24.5 Å². The number of aromatic nitrogens is 3. The largest absolute Gasteiger partial charge is 0.369 e. The summed E-state index contributed by atoms with van der Waals surface area (Å²) in [6, 6.07) is 7.36. The Morgan fingerprint density at radius 2 is 2.00 bits per heavy atom. The quantitative estimate of drug-likeness (QED) is 0.788. The zero-order valence-corrected chi connectivity index (χ0v) is 11.4. The van der Waals surface area contributed by atoms with E-state index in [2.05, 4.69) is 9.97 Å². The fraction of sp³-hybridized carbons (Fsp3) is 0.0769. The van der Waals surface area contributed by atoms with Crippen LogP contribution in [0.4, 0.5) is 5.95 Å². The first-order valence-electron chi connectivity index (χ1n) is 5.65. The van der Waals surface area contributed by atoms with E-state index < -0.39 is 0 Å². The van der Waals surface area contributed by atoms with E-state index in [1.165, 1.54) is 0 Å². The van der Waals surface area contributed by atoms with Gasteiger partial charge in [-0.05, 0) is 23.8 Å². The van der Waals surface area contributed by atoms with Crippen LogP contribution < -0.4 is 5.73 Å². The smallest absolute Gasteiger partial charge is 0.201 e. The maximum absolute atomic E-state index is 6.05. The van der Waals surface area contributed by atoms with Crippen LogP contribution in [0.1, 0.15) is 5.56 Å². The number of halogens is 2. The van der Waals surface area contributed by atoms with Gasteiger partial charge in [0.1, 0.15) is 0 Å². The van der Waals surface area contributed by atoms with Crippen molar-refractivity contribution in [1.82, 2.24) is 14.5 Å². The second-order valence-corrected chi connectivity index (χ2v) is 4.99. The molecule has 0 aliphatic carbocycles. The molecule has 0 fully saturated rings. The SMILES string of the molecule is Nc1nc2cc(Cl)c(Cl)cc2n1Cc1cccnc1. The molecule has 0 aliphatic heterocycles. The Hall–Kier alpha value is -1.78. The summed E-state index contributed by atoms with van der Waals surface area (Å²) in [6.07, 6.45) is 3.53. The van der Waals surface area contributed by atoms with Crippen LogP contribution >= 0.6 is 23.2 Å². The number of hydrogen-bond donors (Lipinski definition) is 1. The molecule has 6 heteroatoms. The van der Waals surface area contributed by atoms with Crippen LogP contribution in [0.2, 0.25) is 10.0 Å². The van der Waals surface area contributed by atoms with Crippen molar-refractivity contribution in [1.29, 1.82) is 0 Å². The maximum Gasteiger partial charge on any atom is 0.201 e. The molecule has 96 valence electrons. The van der Waals surface area contributed by atoms with E-state index in [9.17, 15) is 0 Å². The molecule has 2 N–H and O–H groups in total. The lowest BCUT2D eigenvalue weighted by atomic mass is 10.2. The molecule has 3 rings (SSSR count). The van der Waals surface area contributed by atoms with Gasteiger partial charge in [-0.2, -0.15) is 0 Å². The first kappa shape index (κ1) is 12.3. The number of nitrogens with two attached hydrogens (primary N) is 1. The summed E-state index contributed by atoms with van der Waals surface area (Å²) >= 11 is 12.0. The number of anilines is 1. The molecule has 0 atom stereocenters. The van der Waals surface area contributed by atoms with Crippen molar-refractivity contribution in [2.45, 2.75) is 6.54 Å². The summed E-state index contributed by atoms with van der Waals surface area (Å²) in [5.74, 6) is 0.428. The van der Waals surface area contributed by atoms with Crippen LogP contribution in [0.3, 0.4) is 0 Å². The van der Waals surface area contributed by atoms with Gasteiger partial charge in [0.25, 0.3) is 0 Å². The topological polar surface area (TPSA) is 56.7 Å². The average Bonchev–Trinajstić information content (AvgIpc) is 2.68. The van der Waals surface area contributed by atoms with Gasteiger partial charge in [0.05, 0.1) is 27.6 Å². The monoisotopic (exact) mass is 292 g/mol. The molecule has 0 saturated heterocycles. The zero-order valence-electron chi connectivity index (χ0n) is 9.85. The minimum absolute atomic E-state index is 0.428. The molecule has 0 bridgehead atoms. The Kier molecular flexibility index (Phi) is 3.05. The van der Waals surface area contributed by atoms with Gasteiger partial charge in [-0.3, -0.25) is 4.98 Å². The molecule has 2 heterocycles. The van der Waals surface area contributed by atoms with Crippen LogP contribution in [-0.4, -0.2) is 14.5 Å². The molecule has 0 amide bonds. The first-order valence-corrected chi connectivity index (χ1v) is 6.40. The number of fused-ring (bicyclic) bond motifs is 1. The third-order valence-corrected chi connectivity index (χ3v) is 3.61. The summed E-state index contributed by atoms with van der Waals surface area (Å²) in [4.78, 5) is 8.37. The van der Waals surface area contributed by atoms with Crippen molar-refractivity contribution < 1.29 is 0 Å². The molecule has 2 aromatic heterocycles. The Labute approximate surface area is 119 Å². The van der Waals surface area contributed by atoms with E-state index in [0.29, 0.717) is 22.5 Å². The van der Waals surface area contributed by atoms with Gasteiger partial charge in [0.15, 0.2) is 0 Å². The number of benzene rings is 1. The Morgan fingerprint density at radius 3 is 2.74 bits per heavy atom. The molecule has 1 aromatic carbocycles. The van der Waals surface area contributed by atoms with Crippen molar-refractivity contribution in [3.8, 4) is 0 Å². The van der Waals surface area contributed by atoms with Crippen molar-refractivity contribution in [3.05, 3.63) is 52.3 Å². The number of rotatable bonds is 2. The van der Waals surface area contributed by atoms with Crippen LogP contribution in [0.15, 0.2) is 36.7 Å². The van der Waals surface area contributed by atoms with Crippen molar-refractivity contribution >= 4 is 40.2 Å². The Balaban J connectivity index is 2.13. The molecule has 0 saturated carbocycles. The average molecular weight is 293 g/mol. The van der Waals surface area contributed by atoms with E-state index in [4.69, 9.17) is 28.9 Å². The van der Waals surface area contributed by atoms with Crippen LogP contribution in [0, 0.1) is 0 Å². The highest BCUT2D eigenvalue weighted by Crippen LogP contribution is 2.29. The highest BCUT2D eigenvalue weighted by molar-refractivity contribution is 6.42. The van der Waals surface area contributed by atoms with E-state index in [-0.39, 0.29) is 0 Å². The van der Waals surface area contributed by atoms with E-state index in [0.717, 1.165) is 16.6 Å². The minimum Gasteiger partial charge on any atom is -0.369 e. The van der Waals surface area contributed by atoms with Gasteiger partial charge in [-0.15, -0.1) is 0 Å². The molecular formula is C13H10Cl2N4. The molecule has 0 aliphatic rings. The van der Waals surface area contributed by atoms with Crippen molar-refractivity contribution in [2.24, 2.45) is 0 Å². The summed E-state index contributed by atoms with van der Waals surface area (Å²) in [7, 11) is 0. The number of imidazole rings is 1. The fourth-order valence-corrected chi connectivity index (χ4v) is 2.29. The van der Waals surface area contributed by atoms with Crippen LogP contribution in [0.25, 0.3) is 11.0 Å². The highest BCUT2D eigenvalue weighted by atomic mass is 35.5. The summed E-state index contributed by atoms with van der Waals surface area (Å²) < 4.78 is 1.88. The third-order valence-electron chi connectivity index (χ3n) is 2.88. The second kappa shape index (κ2) is 4.72. The van der Waals surface area contributed by atoms with Gasteiger partial charge < -0.3 is 10.3 Å². The number of hydrogen-bond acceptors (Lipinski definition) is 3. The van der Waals surface area contributed by atoms with Crippen molar-refractivity contribution in [2.75, 3.05) is 5.73 Å². The predicted molar refractivity (Wildman–Crippen MR) is 77.5 cm³/mol. The van der Waals surface area contributed by atoms with Crippen LogP contribution in [-0.2, 0) is 6.54 Å². The van der Waals surface area contributed by atoms with Gasteiger partial charge in [0.2, 0.25) is 5.95 Å². The molecule has 4 nitrogen and oxygen atoms in total. The molecule has 0 unspecified atom stereocenters. The molecule has 0 spiro atoms.